The first-order valence-corrected chi connectivity index (χ1v) is 8.50. The molecule has 108 valence electrons. The molecule has 0 radical (unpaired) electrons. The predicted molar refractivity (Wildman–Crippen MR) is 86.6 cm³/mol. The molecule has 2 unspecified atom stereocenters. The zero-order valence-electron chi connectivity index (χ0n) is 11.5. The van der Waals surface area contributed by atoms with Crippen molar-refractivity contribution in [3.63, 3.8) is 0 Å². The Balaban J connectivity index is 2.02. The molecule has 0 aromatic heterocycles. The van der Waals surface area contributed by atoms with Crippen LogP contribution in [0.4, 0.5) is 0 Å². The number of halogens is 2. The van der Waals surface area contributed by atoms with Gasteiger partial charge in [-0.05, 0) is 50.4 Å². The zero-order chi connectivity index (χ0) is 14.6. The van der Waals surface area contributed by atoms with Crippen molar-refractivity contribution < 1.29 is 0 Å². The molecule has 20 heavy (non-hydrogen) atoms. The zero-order valence-corrected chi connectivity index (χ0v) is 13.8. The number of rotatable bonds is 5. The van der Waals surface area contributed by atoms with Gasteiger partial charge in [-0.1, -0.05) is 30.1 Å². The number of hydrogen-bond donors (Lipinski definition) is 1. The van der Waals surface area contributed by atoms with E-state index in [1.807, 2.05) is 12.1 Å². The summed E-state index contributed by atoms with van der Waals surface area (Å²) in [4.78, 5) is 1.01. The minimum absolute atomic E-state index is 0.362. The van der Waals surface area contributed by atoms with Gasteiger partial charge in [-0.3, -0.25) is 5.32 Å². The minimum atomic E-state index is -0.362. The maximum absolute atomic E-state index is 9.46. The molecule has 0 saturated heterocycles. The van der Waals surface area contributed by atoms with Crippen LogP contribution in [-0.4, -0.2) is 17.3 Å². The monoisotopic (exact) mass is 328 g/mol. The number of benzene rings is 1. The molecule has 1 aliphatic carbocycles. The number of nitrogens with zero attached hydrogens (tertiary/aromatic N) is 1. The second-order valence-corrected chi connectivity index (χ2v) is 7.36. The van der Waals surface area contributed by atoms with E-state index < -0.39 is 0 Å². The van der Waals surface area contributed by atoms with Crippen molar-refractivity contribution in [1.82, 2.24) is 5.32 Å². The highest BCUT2D eigenvalue weighted by atomic mass is 35.5. The van der Waals surface area contributed by atoms with Gasteiger partial charge < -0.3 is 0 Å². The number of hydrogen-bond acceptors (Lipinski definition) is 3. The quantitative estimate of drug-likeness (QED) is 0.834. The van der Waals surface area contributed by atoms with Crippen LogP contribution in [0.15, 0.2) is 23.1 Å². The third-order valence-corrected chi connectivity index (χ3v) is 5.59. The summed E-state index contributed by atoms with van der Waals surface area (Å²) in [5.41, 5.74) is -0.362. The summed E-state index contributed by atoms with van der Waals surface area (Å²) in [6.07, 6.45) is 3.83. The lowest BCUT2D eigenvalue weighted by Crippen LogP contribution is -2.42. The van der Waals surface area contributed by atoms with Gasteiger partial charge in [-0.25, -0.2) is 0 Å². The normalized spacial score (nSPS) is 25.6. The van der Waals surface area contributed by atoms with Gasteiger partial charge in [-0.15, -0.1) is 11.8 Å². The van der Waals surface area contributed by atoms with Gasteiger partial charge in [-0.2, -0.15) is 5.26 Å². The fourth-order valence-electron chi connectivity index (χ4n) is 2.51. The molecule has 1 aromatic carbocycles. The maximum Gasteiger partial charge on any atom is 0.107 e. The highest BCUT2D eigenvalue weighted by Gasteiger charge is 2.39. The third-order valence-electron chi connectivity index (χ3n) is 3.58. The fraction of sp³-hybridized carbons (Fsp3) is 0.533. The van der Waals surface area contributed by atoms with Crippen molar-refractivity contribution in [2.24, 2.45) is 0 Å². The molecular weight excluding hydrogens is 311 g/mol. The van der Waals surface area contributed by atoms with Crippen LogP contribution in [0, 0.1) is 11.3 Å². The Morgan fingerprint density at radius 3 is 3.00 bits per heavy atom. The van der Waals surface area contributed by atoms with Gasteiger partial charge >= 0.3 is 0 Å². The van der Waals surface area contributed by atoms with E-state index in [1.165, 1.54) is 0 Å². The first-order valence-electron chi connectivity index (χ1n) is 6.86. The summed E-state index contributed by atoms with van der Waals surface area (Å²) in [6, 6.07) is 8.00. The van der Waals surface area contributed by atoms with E-state index in [9.17, 15) is 5.26 Å². The van der Waals surface area contributed by atoms with E-state index in [0.717, 1.165) is 42.1 Å². The molecule has 0 amide bonds. The van der Waals surface area contributed by atoms with Gasteiger partial charge in [0.2, 0.25) is 0 Å². The lowest BCUT2D eigenvalue weighted by molar-refractivity contribution is 0.424. The van der Waals surface area contributed by atoms with E-state index in [1.54, 1.807) is 17.8 Å². The van der Waals surface area contributed by atoms with Crippen LogP contribution in [0.1, 0.15) is 32.6 Å². The Morgan fingerprint density at radius 1 is 1.50 bits per heavy atom. The number of nitriles is 1. The van der Waals surface area contributed by atoms with E-state index in [2.05, 4.69) is 18.3 Å². The van der Waals surface area contributed by atoms with Crippen LogP contribution < -0.4 is 5.32 Å². The molecule has 1 aromatic rings. The molecule has 0 aliphatic heterocycles. The SMILES string of the molecule is CCCNC1(C#N)CCC(Sc2cc(Cl)ccc2Cl)C1. The van der Waals surface area contributed by atoms with Gasteiger partial charge in [0.1, 0.15) is 5.54 Å². The van der Waals surface area contributed by atoms with Gasteiger partial charge in [0.15, 0.2) is 0 Å². The lowest BCUT2D eigenvalue weighted by Gasteiger charge is -2.22. The van der Waals surface area contributed by atoms with E-state index in [-0.39, 0.29) is 5.54 Å². The molecule has 2 rings (SSSR count). The van der Waals surface area contributed by atoms with Crippen LogP contribution in [0.3, 0.4) is 0 Å². The second kappa shape index (κ2) is 7.04. The standard InChI is InChI=1S/C15H18Cl2N2S/c1-2-7-19-15(10-18)6-5-12(9-15)20-14-8-11(16)3-4-13(14)17/h3-4,8,12,19H,2,5-7,9H2,1H3. The summed E-state index contributed by atoms with van der Waals surface area (Å²) in [7, 11) is 0. The largest absolute Gasteiger partial charge is 0.299 e. The van der Waals surface area contributed by atoms with E-state index in [0.29, 0.717) is 10.3 Å². The molecule has 0 spiro atoms. The summed E-state index contributed by atoms with van der Waals surface area (Å²) < 4.78 is 0. The van der Waals surface area contributed by atoms with Crippen LogP contribution in [-0.2, 0) is 0 Å². The molecule has 0 bridgehead atoms. The van der Waals surface area contributed by atoms with Gasteiger partial charge in [0, 0.05) is 15.2 Å². The second-order valence-electron chi connectivity index (χ2n) is 5.18. The molecule has 1 N–H and O–H groups in total. The van der Waals surface area contributed by atoms with Crippen molar-refractivity contribution in [3.8, 4) is 6.07 Å². The van der Waals surface area contributed by atoms with Crippen molar-refractivity contribution >= 4 is 35.0 Å². The van der Waals surface area contributed by atoms with Gasteiger partial charge in [0.25, 0.3) is 0 Å². The Morgan fingerprint density at radius 2 is 2.30 bits per heavy atom. The van der Waals surface area contributed by atoms with Crippen molar-refractivity contribution in [3.05, 3.63) is 28.2 Å². The summed E-state index contributed by atoms with van der Waals surface area (Å²) in [6.45, 7) is 3.01. The molecule has 1 saturated carbocycles. The highest BCUT2D eigenvalue weighted by molar-refractivity contribution is 8.00. The highest BCUT2D eigenvalue weighted by Crippen LogP contribution is 2.42. The molecule has 2 nitrogen and oxygen atoms in total. The smallest absolute Gasteiger partial charge is 0.107 e. The van der Waals surface area contributed by atoms with Gasteiger partial charge in [0.05, 0.1) is 11.1 Å². The fourth-order valence-corrected chi connectivity index (χ4v) is 4.34. The molecule has 1 aliphatic rings. The molecule has 5 heteroatoms. The maximum atomic E-state index is 9.46. The minimum Gasteiger partial charge on any atom is -0.299 e. The average molecular weight is 329 g/mol. The van der Waals surface area contributed by atoms with Crippen molar-refractivity contribution in [1.29, 1.82) is 5.26 Å². The molecule has 1 fully saturated rings. The van der Waals surface area contributed by atoms with Crippen LogP contribution >= 0.6 is 35.0 Å². The molecular formula is C15H18Cl2N2S. The average Bonchev–Trinajstić information content (AvgIpc) is 2.85. The van der Waals surface area contributed by atoms with Crippen molar-refractivity contribution in [2.75, 3.05) is 6.54 Å². The van der Waals surface area contributed by atoms with Crippen molar-refractivity contribution in [2.45, 2.75) is 48.3 Å². The number of thioether (sulfide) groups is 1. The Hall–Kier alpha value is -0.400. The third kappa shape index (κ3) is 3.83. The lowest BCUT2D eigenvalue weighted by atomic mass is 10.00. The molecule has 2 atom stereocenters. The summed E-state index contributed by atoms with van der Waals surface area (Å²) in [5.74, 6) is 0. The Bertz CT molecular complexity index is 515. The number of nitrogens with one attached hydrogen (secondary N) is 1. The Kier molecular flexibility index (Phi) is 5.63. The first-order chi connectivity index (χ1) is 9.58. The van der Waals surface area contributed by atoms with Crippen LogP contribution in [0.5, 0.6) is 0 Å². The Labute approximate surface area is 134 Å². The summed E-state index contributed by atoms with van der Waals surface area (Å²) in [5, 5.41) is 14.7. The summed E-state index contributed by atoms with van der Waals surface area (Å²) >= 11 is 14.0. The topological polar surface area (TPSA) is 35.8 Å². The van der Waals surface area contributed by atoms with Crippen LogP contribution in [0.25, 0.3) is 0 Å². The van der Waals surface area contributed by atoms with E-state index >= 15 is 0 Å². The predicted octanol–water partition coefficient (Wildman–Crippen LogP) is 4.90. The first kappa shape index (κ1) is 16.0. The van der Waals surface area contributed by atoms with Crippen LogP contribution in [0.2, 0.25) is 10.0 Å². The molecule has 0 heterocycles. The van der Waals surface area contributed by atoms with E-state index in [4.69, 9.17) is 23.2 Å².